The zero-order valence-corrected chi connectivity index (χ0v) is 18.8. The van der Waals surface area contributed by atoms with Gasteiger partial charge in [-0.3, -0.25) is 4.79 Å². The summed E-state index contributed by atoms with van der Waals surface area (Å²) in [6.45, 7) is 11.8. The molecule has 0 saturated carbocycles. The number of nitrogens with zero attached hydrogens (tertiary/aromatic N) is 3. The van der Waals surface area contributed by atoms with Crippen LogP contribution >= 0.6 is 11.3 Å². The minimum atomic E-state index is 0.0773. The van der Waals surface area contributed by atoms with Crippen molar-refractivity contribution in [2.45, 2.75) is 47.1 Å². The van der Waals surface area contributed by atoms with E-state index in [-0.39, 0.29) is 5.91 Å². The molecule has 0 aliphatic rings. The number of aromatic nitrogens is 1. The predicted octanol–water partition coefficient (Wildman–Crippen LogP) is 3.49. The highest BCUT2D eigenvalue weighted by Crippen LogP contribution is 2.13. The van der Waals surface area contributed by atoms with Crippen molar-refractivity contribution in [1.29, 1.82) is 0 Å². The van der Waals surface area contributed by atoms with E-state index in [0.29, 0.717) is 6.54 Å². The van der Waals surface area contributed by atoms with E-state index in [2.05, 4.69) is 34.5 Å². The predicted molar refractivity (Wildman–Crippen MR) is 122 cm³/mol. The summed E-state index contributed by atoms with van der Waals surface area (Å²) in [5, 5.41) is 7.80. The molecule has 0 aliphatic carbocycles. The molecule has 29 heavy (non-hydrogen) atoms. The first-order valence-electron chi connectivity index (χ1n) is 10.4. The van der Waals surface area contributed by atoms with Gasteiger partial charge in [0, 0.05) is 49.2 Å². The van der Waals surface area contributed by atoms with Gasteiger partial charge in [-0.05, 0) is 44.9 Å². The average Bonchev–Trinajstić information content (AvgIpc) is 3.21. The van der Waals surface area contributed by atoms with E-state index in [9.17, 15) is 4.79 Å². The Morgan fingerprint density at radius 1 is 1.10 bits per heavy atom. The largest absolute Gasteiger partial charge is 0.357 e. The summed E-state index contributed by atoms with van der Waals surface area (Å²) in [5.74, 6) is 0.872. The lowest BCUT2D eigenvalue weighted by Crippen LogP contribution is -2.38. The third-order valence-electron chi connectivity index (χ3n) is 4.60. The Balaban J connectivity index is 1.90. The Bertz CT molecular complexity index is 781. The number of hydrogen-bond donors (Lipinski definition) is 2. The third-order valence-corrected chi connectivity index (χ3v) is 5.80. The van der Waals surface area contributed by atoms with Gasteiger partial charge < -0.3 is 15.5 Å². The number of thiazole rings is 1. The first kappa shape index (κ1) is 22.9. The third kappa shape index (κ3) is 7.16. The molecule has 0 unspecified atom stereocenters. The molecule has 1 aromatic carbocycles. The molecule has 0 bridgehead atoms. The molecular formula is C22H33N5OS. The quantitative estimate of drug-likeness (QED) is 0.460. The van der Waals surface area contributed by atoms with Crippen molar-refractivity contribution in [3.63, 3.8) is 0 Å². The van der Waals surface area contributed by atoms with Crippen molar-refractivity contribution >= 4 is 23.2 Å². The molecule has 2 aromatic rings. The van der Waals surface area contributed by atoms with E-state index < -0.39 is 0 Å². The van der Waals surface area contributed by atoms with Crippen LogP contribution in [-0.4, -0.2) is 47.9 Å². The number of nitrogens with one attached hydrogen (secondary N) is 2. The van der Waals surface area contributed by atoms with Crippen molar-refractivity contribution < 1.29 is 4.79 Å². The van der Waals surface area contributed by atoms with Gasteiger partial charge in [-0.1, -0.05) is 19.1 Å². The van der Waals surface area contributed by atoms with E-state index in [1.807, 2.05) is 49.2 Å². The molecule has 0 fully saturated rings. The van der Waals surface area contributed by atoms with Gasteiger partial charge in [0.25, 0.3) is 5.91 Å². The van der Waals surface area contributed by atoms with Crippen molar-refractivity contribution in [3.05, 3.63) is 51.5 Å². The normalized spacial score (nSPS) is 11.4. The second-order valence-electron chi connectivity index (χ2n) is 6.62. The molecule has 0 spiro atoms. The molecule has 0 saturated heterocycles. The van der Waals surface area contributed by atoms with Crippen molar-refractivity contribution in [2.24, 2.45) is 4.99 Å². The van der Waals surface area contributed by atoms with E-state index in [4.69, 9.17) is 0 Å². The number of amides is 1. The number of benzene rings is 1. The maximum Gasteiger partial charge on any atom is 0.253 e. The fraction of sp³-hybridized carbons (Fsp3) is 0.500. The molecule has 1 amide bonds. The van der Waals surface area contributed by atoms with Crippen LogP contribution in [0.2, 0.25) is 0 Å². The molecular weight excluding hydrogens is 382 g/mol. The SMILES string of the molecule is CCNC(=NCc1ccc(C(=O)N(CC)CC)cc1)NCCc1ncc(CC)s1. The summed E-state index contributed by atoms with van der Waals surface area (Å²) in [4.78, 5) is 24.7. The monoisotopic (exact) mass is 415 g/mol. The number of aryl methyl sites for hydroxylation is 1. The van der Waals surface area contributed by atoms with Gasteiger partial charge in [-0.15, -0.1) is 11.3 Å². The second-order valence-corrected chi connectivity index (χ2v) is 7.82. The van der Waals surface area contributed by atoms with Crippen molar-refractivity contribution in [3.8, 4) is 0 Å². The molecule has 7 heteroatoms. The van der Waals surface area contributed by atoms with Crippen LogP contribution in [0.3, 0.4) is 0 Å². The number of rotatable bonds is 10. The van der Waals surface area contributed by atoms with Gasteiger partial charge in [-0.2, -0.15) is 0 Å². The zero-order valence-electron chi connectivity index (χ0n) is 18.0. The topological polar surface area (TPSA) is 69.6 Å². The van der Waals surface area contributed by atoms with E-state index in [0.717, 1.165) is 61.1 Å². The number of hydrogen-bond acceptors (Lipinski definition) is 4. The van der Waals surface area contributed by atoms with Gasteiger partial charge >= 0.3 is 0 Å². The van der Waals surface area contributed by atoms with Gasteiger partial charge in [0.2, 0.25) is 0 Å². The molecule has 1 aromatic heterocycles. The van der Waals surface area contributed by atoms with Gasteiger partial charge in [0.05, 0.1) is 11.6 Å². The molecule has 0 aliphatic heterocycles. The molecule has 6 nitrogen and oxygen atoms in total. The van der Waals surface area contributed by atoms with Crippen LogP contribution in [-0.2, 0) is 19.4 Å². The fourth-order valence-corrected chi connectivity index (χ4v) is 3.74. The van der Waals surface area contributed by atoms with Crippen molar-refractivity contribution in [2.75, 3.05) is 26.2 Å². The highest BCUT2D eigenvalue weighted by molar-refractivity contribution is 7.11. The molecule has 2 rings (SSSR count). The molecule has 0 radical (unpaired) electrons. The minimum absolute atomic E-state index is 0.0773. The van der Waals surface area contributed by atoms with E-state index >= 15 is 0 Å². The summed E-state index contributed by atoms with van der Waals surface area (Å²) in [6.07, 6.45) is 3.89. The Morgan fingerprint density at radius 3 is 2.41 bits per heavy atom. The van der Waals surface area contributed by atoms with Crippen molar-refractivity contribution in [1.82, 2.24) is 20.5 Å². The minimum Gasteiger partial charge on any atom is -0.357 e. The number of carbonyl (C=O) groups excluding carboxylic acids is 1. The Morgan fingerprint density at radius 2 is 1.83 bits per heavy atom. The smallest absolute Gasteiger partial charge is 0.253 e. The van der Waals surface area contributed by atoms with Gasteiger partial charge in [0.1, 0.15) is 0 Å². The second kappa shape index (κ2) is 12.2. The molecule has 1 heterocycles. The summed E-state index contributed by atoms with van der Waals surface area (Å²) in [5.41, 5.74) is 1.80. The van der Waals surface area contributed by atoms with Crippen LogP contribution in [0.5, 0.6) is 0 Å². The first-order valence-corrected chi connectivity index (χ1v) is 11.3. The van der Waals surface area contributed by atoms with Crippen LogP contribution in [0, 0.1) is 0 Å². The Hall–Kier alpha value is -2.41. The Labute approximate surface area is 178 Å². The molecule has 0 atom stereocenters. The standard InChI is InChI=1S/C22H33N5OS/c1-5-19-16-25-20(29-19)13-14-24-22(23-6-2)26-15-17-9-11-18(12-10-17)21(28)27(7-3)8-4/h9-12,16H,5-8,13-15H2,1-4H3,(H2,23,24,26). The summed E-state index contributed by atoms with van der Waals surface area (Å²) >= 11 is 1.77. The van der Waals surface area contributed by atoms with Gasteiger partial charge in [-0.25, -0.2) is 9.98 Å². The zero-order chi connectivity index (χ0) is 21.1. The summed E-state index contributed by atoms with van der Waals surface area (Å²) in [6, 6.07) is 7.73. The lowest BCUT2D eigenvalue weighted by Gasteiger charge is -2.18. The van der Waals surface area contributed by atoms with Crippen LogP contribution in [0.25, 0.3) is 0 Å². The highest BCUT2D eigenvalue weighted by Gasteiger charge is 2.11. The fourth-order valence-electron chi connectivity index (χ4n) is 2.87. The molecule has 158 valence electrons. The maximum absolute atomic E-state index is 12.4. The molecule has 2 N–H and O–H groups in total. The average molecular weight is 416 g/mol. The van der Waals surface area contributed by atoms with Crippen LogP contribution in [0.1, 0.15) is 53.5 Å². The Kier molecular flexibility index (Phi) is 9.64. The number of guanidine groups is 1. The van der Waals surface area contributed by atoms with Crippen LogP contribution in [0.4, 0.5) is 0 Å². The van der Waals surface area contributed by atoms with Crippen LogP contribution in [0.15, 0.2) is 35.5 Å². The first-order chi connectivity index (χ1) is 14.1. The van der Waals surface area contributed by atoms with E-state index in [1.165, 1.54) is 4.88 Å². The number of carbonyl (C=O) groups is 1. The number of aliphatic imine (C=N–C) groups is 1. The highest BCUT2D eigenvalue weighted by atomic mass is 32.1. The summed E-state index contributed by atoms with van der Waals surface area (Å²) in [7, 11) is 0. The van der Waals surface area contributed by atoms with Crippen LogP contribution < -0.4 is 10.6 Å². The van der Waals surface area contributed by atoms with E-state index in [1.54, 1.807) is 11.3 Å². The lowest BCUT2D eigenvalue weighted by atomic mass is 10.1. The lowest BCUT2D eigenvalue weighted by molar-refractivity contribution is 0.0773. The maximum atomic E-state index is 12.4. The summed E-state index contributed by atoms with van der Waals surface area (Å²) < 4.78 is 0. The van der Waals surface area contributed by atoms with Gasteiger partial charge in [0.15, 0.2) is 5.96 Å².